The van der Waals surface area contributed by atoms with Gasteiger partial charge in [0, 0.05) is 16.6 Å². The molecule has 2 heterocycles. The fourth-order valence-electron chi connectivity index (χ4n) is 1.91. The van der Waals surface area contributed by atoms with Crippen molar-refractivity contribution in [1.29, 1.82) is 0 Å². The number of benzene rings is 1. The number of hydrogen-bond acceptors (Lipinski definition) is 6. The molecule has 1 aliphatic heterocycles. The zero-order valence-corrected chi connectivity index (χ0v) is 14.1. The molecular formula is C13H13N7O2S2. The van der Waals surface area contributed by atoms with Gasteiger partial charge in [0.1, 0.15) is 0 Å². The second kappa shape index (κ2) is 6.76. The highest BCUT2D eigenvalue weighted by Gasteiger charge is 2.19. The normalized spacial score (nSPS) is 16.3. The van der Waals surface area contributed by atoms with Crippen LogP contribution in [-0.4, -0.2) is 34.0 Å². The quantitative estimate of drug-likeness (QED) is 0.552. The molecule has 2 aromatic rings. The van der Waals surface area contributed by atoms with Crippen LogP contribution >= 0.6 is 11.3 Å². The van der Waals surface area contributed by atoms with Crippen LogP contribution in [0.1, 0.15) is 0 Å². The lowest BCUT2D eigenvalue weighted by molar-refractivity contribution is 0.413. The van der Waals surface area contributed by atoms with E-state index in [0.717, 1.165) is 16.9 Å². The van der Waals surface area contributed by atoms with Gasteiger partial charge in [-0.25, -0.2) is 9.19 Å². The lowest BCUT2D eigenvalue weighted by Gasteiger charge is -2.07. The summed E-state index contributed by atoms with van der Waals surface area (Å²) in [7, 11) is 1.44. The number of ether oxygens (including phenoxy) is 1. The first kappa shape index (κ1) is 16.1. The first-order valence-electron chi connectivity index (χ1n) is 6.61. The van der Waals surface area contributed by atoms with Crippen molar-refractivity contribution < 1.29 is 8.95 Å². The Kier molecular flexibility index (Phi) is 4.53. The molecule has 0 radical (unpaired) electrons. The van der Waals surface area contributed by atoms with Gasteiger partial charge in [-0.2, -0.15) is 4.99 Å². The fourth-order valence-corrected chi connectivity index (χ4v) is 3.25. The lowest BCUT2D eigenvalue weighted by atomic mass is 10.1. The van der Waals surface area contributed by atoms with Crippen LogP contribution in [0.2, 0.25) is 0 Å². The number of aliphatic imine (C=N–C) groups is 1. The van der Waals surface area contributed by atoms with Gasteiger partial charge in [0.15, 0.2) is 5.96 Å². The third-order valence-electron chi connectivity index (χ3n) is 2.86. The molecule has 0 fully saturated rings. The third-order valence-corrected chi connectivity index (χ3v) is 4.26. The molecule has 0 bridgehead atoms. The van der Waals surface area contributed by atoms with Gasteiger partial charge in [-0.3, -0.25) is 0 Å². The molecule has 124 valence electrons. The molecule has 1 aliphatic rings. The Morgan fingerprint density at radius 3 is 2.96 bits per heavy atom. The first-order chi connectivity index (χ1) is 11.5. The molecular weight excluding hydrogens is 350 g/mol. The van der Waals surface area contributed by atoms with Crippen LogP contribution in [0.15, 0.2) is 43.4 Å². The number of nitrogens with two attached hydrogens (primary N) is 2. The summed E-state index contributed by atoms with van der Waals surface area (Å²) < 4.78 is 24.0. The summed E-state index contributed by atoms with van der Waals surface area (Å²) in [4.78, 5) is 8.27. The van der Waals surface area contributed by atoms with E-state index in [1.165, 1.54) is 18.4 Å². The SMILES string of the molecule is COC1=NS(=O)N=C1Nc1cccc(-c2csc(N=C(N)N)n2)c1. The molecule has 1 atom stereocenters. The standard InChI is InChI=1S/C13H13N7O2S2/c1-22-11-10(19-24(21)20-11)16-8-4-2-3-7(5-8)9-6-23-13(17-9)18-12(14)15/h2-6H,1H3,(H,16,19)(H4,14,15,17,18). The van der Waals surface area contributed by atoms with Crippen LogP contribution in [0.5, 0.6) is 0 Å². The second-order valence-corrected chi connectivity index (χ2v) is 6.19. The molecule has 9 nitrogen and oxygen atoms in total. The van der Waals surface area contributed by atoms with Gasteiger partial charge < -0.3 is 21.5 Å². The van der Waals surface area contributed by atoms with Crippen molar-refractivity contribution in [2.24, 2.45) is 25.3 Å². The Hall–Kier alpha value is -2.79. The van der Waals surface area contributed by atoms with Gasteiger partial charge in [-0.05, 0) is 12.1 Å². The van der Waals surface area contributed by atoms with Crippen LogP contribution in [0.4, 0.5) is 10.8 Å². The van der Waals surface area contributed by atoms with Crippen molar-refractivity contribution in [1.82, 2.24) is 4.98 Å². The highest BCUT2D eigenvalue weighted by atomic mass is 32.2. The van der Waals surface area contributed by atoms with Gasteiger partial charge in [-0.1, -0.05) is 12.1 Å². The predicted molar refractivity (Wildman–Crippen MR) is 96.7 cm³/mol. The van der Waals surface area contributed by atoms with E-state index in [0.29, 0.717) is 11.0 Å². The molecule has 24 heavy (non-hydrogen) atoms. The summed E-state index contributed by atoms with van der Waals surface area (Å²) in [5.41, 5.74) is 13.0. The highest BCUT2D eigenvalue weighted by Crippen LogP contribution is 2.28. The Morgan fingerprint density at radius 2 is 2.21 bits per heavy atom. The molecule has 0 saturated heterocycles. The van der Waals surface area contributed by atoms with Gasteiger partial charge >= 0.3 is 0 Å². The van der Waals surface area contributed by atoms with Crippen molar-refractivity contribution in [3.63, 3.8) is 0 Å². The molecule has 5 N–H and O–H groups in total. The maximum atomic E-state index is 11.4. The minimum atomic E-state index is -1.66. The van der Waals surface area contributed by atoms with Crippen LogP contribution in [0, 0.1) is 0 Å². The van der Waals surface area contributed by atoms with E-state index in [4.69, 9.17) is 16.2 Å². The van der Waals surface area contributed by atoms with E-state index in [2.05, 4.69) is 24.1 Å². The average Bonchev–Trinajstić information content (AvgIpc) is 3.13. The Morgan fingerprint density at radius 1 is 1.38 bits per heavy atom. The number of amidine groups is 1. The predicted octanol–water partition coefficient (Wildman–Crippen LogP) is 1.16. The van der Waals surface area contributed by atoms with Crippen LogP contribution in [-0.2, 0) is 15.9 Å². The van der Waals surface area contributed by atoms with Crippen LogP contribution in [0.3, 0.4) is 0 Å². The van der Waals surface area contributed by atoms with Gasteiger partial charge in [0.25, 0.3) is 17.1 Å². The zero-order chi connectivity index (χ0) is 17.1. The number of aromatic nitrogens is 1. The van der Waals surface area contributed by atoms with Crippen molar-refractivity contribution in [2.45, 2.75) is 0 Å². The summed E-state index contributed by atoms with van der Waals surface area (Å²) in [5.74, 6) is 0.472. The largest absolute Gasteiger partial charge is 0.478 e. The van der Waals surface area contributed by atoms with E-state index < -0.39 is 11.2 Å². The number of anilines is 1. The monoisotopic (exact) mass is 363 g/mol. The minimum Gasteiger partial charge on any atom is -0.478 e. The zero-order valence-electron chi connectivity index (χ0n) is 12.5. The number of nitrogens with one attached hydrogen (secondary N) is 1. The third kappa shape index (κ3) is 3.58. The number of guanidine groups is 1. The fraction of sp³-hybridized carbons (Fsp3) is 0.0769. The summed E-state index contributed by atoms with van der Waals surface area (Å²) in [5, 5.41) is 5.36. The Labute approximate surface area is 143 Å². The molecule has 0 saturated carbocycles. The number of methoxy groups -OCH3 is 1. The molecule has 0 spiro atoms. The van der Waals surface area contributed by atoms with E-state index in [1.54, 1.807) is 0 Å². The van der Waals surface area contributed by atoms with Gasteiger partial charge in [0.2, 0.25) is 11.0 Å². The van der Waals surface area contributed by atoms with E-state index in [-0.39, 0.29) is 11.9 Å². The molecule has 1 aromatic carbocycles. The Balaban J connectivity index is 1.84. The van der Waals surface area contributed by atoms with E-state index in [9.17, 15) is 4.21 Å². The second-order valence-electron chi connectivity index (χ2n) is 4.53. The molecule has 3 rings (SSSR count). The Bertz CT molecular complexity index is 884. The van der Waals surface area contributed by atoms with Crippen molar-refractivity contribution >= 4 is 51.0 Å². The number of rotatable bonds is 3. The summed E-state index contributed by atoms with van der Waals surface area (Å²) >= 11 is -0.327. The number of nitrogens with zero attached hydrogens (tertiary/aromatic N) is 4. The van der Waals surface area contributed by atoms with Crippen molar-refractivity contribution in [3.05, 3.63) is 29.6 Å². The summed E-state index contributed by atoms with van der Waals surface area (Å²) in [6.07, 6.45) is 0. The molecule has 0 aliphatic carbocycles. The average molecular weight is 363 g/mol. The summed E-state index contributed by atoms with van der Waals surface area (Å²) in [6.45, 7) is 0. The highest BCUT2D eigenvalue weighted by molar-refractivity contribution is 7.83. The van der Waals surface area contributed by atoms with E-state index >= 15 is 0 Å². The minimum absolute atomic E-state index is 0.0371. The van der Waals surface area contributed by atoms with Crippen LogP contribution < -0.4 is 16.8 Å². The lowest BCUT2D eigenvalue weighted by Crippen LogP contribution is -2.22. The molecule has 0 amide bonds. The van der Waals surface area contributed by atoms with Crippen molar-refractivity contribution in [3.8, 4) is 11.3 Å². The molecule has 11 heteroatoms. The summed E-state index contributed by atoms with van der Waals surface area (Å²) in [6, 6.07) is 7.46. The van der Waals surface area contributed by atoms with E-state index in [1.807, 2.05) is 29.6 Å². The molecule has 1 aromatic heterocycles. The molecule has 1 unspecified atom stereocenters. The van der Waals surface area contributed by atoms with Crippen molar-refractivity contribution in [2.75, 3.05) is 12.4 Å². The first-order valence-corrected chi connectivity index (χ1v) is 8.56. The van der Waals surface area contributed by atoms with Gasteiger partial charge in [0.05, 0.1) is 12.8 Å². The maximum absolute atomic E-state index is 11.4. The number of thiazole rings is 1. The van der Waals surface area contributed by atoms with Gasteiger partial charge in [-0.15, -0.1) is 20.1 Å². The smallest absolute Gasteiger partial charge is 0.271 e. The maximum Gasteiger partial charge on any atom is 0.271 e. The topological polar surface area (TPSA) is 140 Å². The van der Waals surface area contributed by atoms with Crippen LogP contribution in [0.25, 0.3) is 11.3 Å². The number of hydrogen-bond donors (Lipinski definition) is 3.